The molecule has 0 fully saturated rings. The van der Waals surface area contributed by atoms with Crippen molar-refractivity contribution in [3.05, 3.63) is 60.7 Å². The van der Waals surface area contributed by atoms with E-state index in [0.29, 0.717) is 0 Å². The third kappa shape index (κ3) is 4.99. The predicted octanol–water partition coefficient (Wildman–Crippen LogP) is 4.44. The van der Waals surface area contributed by atoms with Gasteiger partial charge in [0.15, 0.2) is 0 Å². The van der Waals surface area contributed by atoms with E-state index >= 15 is 0 Å². The van der Waals surface area contributed by atoms with E-state index in [4.69, 9.17) is 0 Å². The van der Waals surface area contributed by atoms with Gasteiger partial charge in [-0.05, 0) is 11.1 Å². The van der Waals surface area contributed by atoms with Gasteiger partial charge in [0, 0.05) is 0 Å². The van der Waals surface area contributed by atoms with E-state index in [0.717, 1.165) is 0 Å². The fourth-order valence-electron chi connectivity index (χ4n) is 1.26. The maximum atomic E-state index is 10.3. The molecule has 2 aromatic rings. The van der Waals surface area contributed by atoms with E-state index in [1.165, 1.54) is 20.4 Å². The molecule has 0 N–H and O–H groups in total. The average Bonchev–Trinajstić information content (AvgIpc) is 2.31. The molecule has 0 radical (unpaired) electrons. The Morgan fingerprint density at radius 3 is 1.19 bits per heavy atom. The van der Waals surface area contributed by atoms with Crippen molar-refractivity contribution in [1.29, 1.82) is 0 Å². The molecule has 2 rings (SSSR count). The summed E-state index contributed by atoms with van der Waals surface area (Å²) in [5.41, 5.74) is 2.55. The molecule has 84 valence electrons. The third-order valence-electron chi connectivity index (χ3n) is 1.88. The molecule has 0 bridgehead atoms. The summed E-state index contributed by atoms with van der Waals surface area (Å²) in [6, 6.07) is 20.8. The number of hydrogen-bond acceptors (Lipinski definition) is 0. The lowest BCUT2D eigenvalue weighted by molar-refractivity contribution is 0.251. The highest BCUT2D eigenvalue weighted by molar-refractivity contribution is 7.16. The van der Waals surface area contributed by atoms with Gasteiger partial charge in [0.05, 0.1) is 0 Å². The Kier molecular flexibility index (Phi) is 5.66. The van der Waals surface area contributed by atoms with Gasteiger partial charge >= 0.3 is 0 Å². The Labute approximate surface area is 96.5 Å². The summed E-state index contributed by atoms with van der Waals surface area (Å²) in [7, 11) is 1.32. The molecule has 0 spiro atoms. The molecule has 0 saturated heterocycles. The first-order valence-electron chi connectivity index (χ1n) is 4.84. The minimum atomic E-state index is -2.25. The minimum absolute atomic E-state index is 1.28. The van der Waals surface area contributed by atoms with Crippen LogP contribution in [-0.4, -0.2) is 6.17 Å². The maximum absolute atomic E-state index is 10.3. The predicted molar refractivity (Wildman–Crippen MR) is 67.6 cm³/mol. The maximum Gasteiger partial charge on any atom is 0.249 e. The molecule has 0 aliphatic carbocycles. The van der Waals surface area contributed by atoms with Crippen LogP contribution < -0.4 is 0 Å². The Hall–Kier alpha value is -1.27. The molecular weight excluding hydrogens is 225 g/mol. The second kappa shape index (κ2) is 7.08. The van der Waals surface area contributed by atoms with Crippen molar-refractivity contribution in [1.82, 2.24) is 0 Å². The lowest BCUT2D eigenvalue weighted by Crippen LogP contribution is -1.73. The highest BCUT2D eigenvalue weighted by Gasteiger charge is 1.91. The largest absolute Gasteiger partial charge is 0.249 e. The summed E-state index contributed by atoms with van der Waals surface area (Å²) in [5.74, 6) is 0. The Bertz CT molecular complexity index is 347. The van der Waals surface area contributed by atoms with Gasteiger partial charge in [-0.2, -0.15) is 0 Å². The zero-order valence-electron chi connectivity index (χ0n) is 8.68. The van der Waals surface area contributed by atoms with E-state index in [1.807, 2.05) is 12.1 Å². The van der Waals surface area contributed by atoms with Gasteiger partial charge in [-0.15, -0.1) is 0 Å². The average molecular weight is 238 g/mol. The number of alkyl halides is 2. The quantitative estimate of drug-likeness (QED) is 0.644. The Morgan fingerprint density at radius 1 is 0.688 bits per heavy atom. The van der Waals surface area contributed by atoms with Crippen molar-refractivity contribution in [2.45, 2.75) is 6.17 Å². The first-order valence-corrected chi connectivity index (χ1v) is 5.51. The van der Waals surface area contributed by atoms with Crippen molar-refractivity contribution in [3.8, 4) is 11.1 Å². The Morgan fingerprint density at radius 2 is 0.938 bits per heavy atom. The van der Waals surface area contributed by atoms with Crippen LogP contribution in [0.4, 0.5) is 8.78 Å². The summed E-state index contributed by atoms with van der Waals surface area (Å²) in [6.45, 7) is 0. The van der Waals surface area contributed by atoms with Crippen molar-refractivity contribution >= 4 is 9.24 Å². The second-order valence-electron chi connectivity index (χ2n) is 3.07. The second-order valence-corrected chi connectivity index (χ2v) is 3.57. The van der Waals surface area contributed by atoms with Crippen molar-refractivity contribution in [2.75, 3.05) is 0 Å². The number of hydrogen-bond donors (Lipinski definition) is 0. The molecule has 0 aromatic heterocycles. The van der Waals surface area contributed by atoms with Crippen LogP contribution in [0, 0.1) is 0 Å². The monoisotopic (exact) mass is 238 g/mol. The molecule has 0 aliphatic heterocycles. The standard InChI is InChI=1S/C12H10.CH3F2P/c1-3-7-11(8-4-1)12-9-5-2-6-10-12;2-1(3)4/h1-10H;1H,4H2. The van der Waals surface area contributed by atoms with E-state index in [9.17, 15) is 8.78 Å². The van der Waals surface area contributed by atoms with Gasteiger partial charge in [-0.3, -0.25) is 0 Å². The third-order valence-corrected chi connectivity index (χ3v) is 1.88. The van der Waals surface area contributed by atoms with Crippen LogP contribution in [0.1, 0.15) is 0 Å². The highest BCUT2D eigenvalue weighted by Crippen LogP contribution is 2.17. The number of benzene rings is 2. The lowest BCUT2D eigenvalue weighted by atomic mass is 10.1. The minimum Gasteiger partial charge on any atom is -0.206 e. The van der Waals surface area contributed by atoms with Crippen molar-refractivity contribution in [2.24, 2.45) is 0 Å². The summed E-state index contributed by atoms with van der Waals surface area (Å²) in [4.78, 5) is 0. The van der Waals surface area contributed by atoms with Crippen LogP contribution in [0.25, 0.3) is 11.1 Å². The van der Waals surface area contributed by atoms with Gasteiger partial charge in [0.1, 0.15) is 0 Å². The molecular formula is C13H13F2P. The van der Waals surface area contributed by atoms with Gasteiger partial charge in [-0.25, -0.2) is 8.78 Å². The van der Waals surface area contributed by atoms with Crippen molar-refractivity contribution in [3.63, 3.8) is 0 Å². The van der Waals surface area contributed by atoms with E-state index in [1.54, 1.807) is 0 Å². The molecule has 2 aromatic carbocycles. The number of rotatable bonds is 1. The summed E-state index contributed by atoms with van der Waals surface area (Å²) < 4.78 is 20.6. The van der Waals surface area contributed by atoms with Crippen LogP contribution in [-0.2, 0) is 0 Å². The normalized spacial score (nSPS) is 9.50. The Balaban J connectivity index is 0.000000280. The van der Waals surface area contributed by atoms with Gasteiger partial charge in [0.2, 0.25) is 6.17 Å². The van der Waals surface area contributed by atoms with Gasteiger partial charge in [-0.1, -0.05) is 69.9 Å². The molecule has 0 amide bonds. The summed E-state index contributed by atoms with van der Waals surface area (Å²) in [5, 5.41) is 0. The van der Waals surface area contributed by atoms with Crippen LogP contribution in [0.2, 0.25) is 0 Å². The molecule has 16 heavy (non-hydrogen) atoms. The molecule has 0 saturated carbocycles. The van der Waals surface area contributed by atoms with Crippen LogP contribution in [0.15, 0.2) is 60.7 Å². The molecule has 3 heteroatoms. The first-order chi connectivity index (χ1) is 7.70. The summed E-state index contributed by atoms with van der Waals surface area (Å²) >= 11 is 0. The van der Waals surface area contributed by atoms with Crippen LogP contribution in [0.3, 0.4) is 0 Å². The first kappa shape index (κ1) is 12.8. The SMILES string of the molecule is FC(F)P.c1ccc(-c2ccccc2)cc1. The smallest absolute Gasteiger partial charge is 0.206 e. The summed E-state index contributed by atoms with van der Waals surface area (Å²) in [6.07, 6.45) is -2.25. The molecule has 1 unspecified atom stereocenters. The molecule has 0 nitrogen and oxygen atoms in total. The van der Waals surface area contributed by atoms with Crippen LogP contribution in [0.5, 0.6) is 0 Å². The van der Waals surface area contributed by atoms with Crippen LogP contribution >= 0.6 is 9.24 Å². The van der Waals surface area contributed by atoms with Crippen molar-refractivity contribution < 1.29 is 8.78 Å². The number of halogens is 2. The topological polar surface area (TPSA) is 0 Å². The zero-order chi connectivity index (χ0) is 11.8. The fraction of sp³-hybridized carbons (Fsp3) is 0.0769. The molecule has 0 aliphatic rings. The van der Waals surface area contributed by atoms with E-state index in [-0.39, 0.29) is 0 Å². The lowest BCUT2D eigenvalue weighted by Gasteiger charge is -1.98. The van der Waals surface area contributed by atoms with E-state index < -0.39 is 6.17 Å². The van der Waals surface area contributed by atoms with Gasteiger partial charge in [0.25, 0.3) is 0 Å². The van der Waals surface area contributed by atoms with E-state index in [2.05, 4.69) is 48.5 Å². The zero-order valence-corrected chi connectivity index (χ0v) is 9.84. The molecule has 1 atom stereocenters. The fourth-order valence-corrected chi connectivity index (χ4v) is 1.26. The molecule has 0 heterocycles. The van der Waals surface area contributed by atoms with Gasteiger partial charge < -0.3 is 0 Å². The highest BCUT2D eigenvalue weighted by atomic mass is 31.0.